The Morgan fingerprint density at radius 1 is 1.23 bits per heavy atom. The molecule has 1 aromatic carbocycles. The Balaban J connectivity index is 0.00000242. The molecule has 0 saturated carbocycles. The van der Waals surface area contributed by atoms with E-state index in [1.807, 2.05) is 43.3 Å². The minimum absolute atomic E-state index is 0. The van der Waals surface area contributed by atoms with Gasteiger partial charge in [-0.3, -0.25) is 4.99 Å². The Morgan fingerprint density at radius 3 is 2.50 bits per heavy atom. The number of ether oxygens (including phenoxy) is 1. The van der Waals surface area contributed by atoms with Gasteiger partial charge in [-0.2, -0.15) is 0 Å². The fourth-order valence-corrected chi connectivity index (χ4v) is 1.82. The second kappa shape index (κ2) is 9.15. The molecule has 22 heavy (non-hydrogen) atoms. The average Bonchev–Trinajstić information content (AvgIpc) is 3.03. The Hall–Kier alpha value is -1.94. The van der Waals surface area contributed by atoms with Crippen LogP contribution in [0, 0.1) is 0 Å². The molecule has 0 aliphatic carbocycles. The molecule has 120 valence electrons. The highest BCUT2D eigenvalue weighted by Gasteiger charge is 2.09. The van der Waals surface area contributed by atoms with E-state index >= 15 is 0 Å². The highest BCUT2D eigenvalue weighted by atomic mass is 35.5. The van der Waals surface area contributed by atoms with Crippen molar-refractivity contribution in [1.29, 1.82) is 0 Å². The summed E-state index contributed by atoms with van der Waals surface area (Å²) in [5.74, 6) is 2.35. The van der Waals surface area contributed by atoms with E-state index in [0.717, 1.165) is 29.5 Å². The van der Waals surface area contributed by atoms with Crippen LogP contribution in [0.4, 0.5) is 5.69 Å². The maximum absolute atomic E-state index is 5.46. The lowest BCUT2D eigenvalue weighted by Crippen LogP contribution is -2.16. The third-order valence-electron chi connectivity index (χ3n) is 3.12. The van der Waals surface area contributed by atoms with Crippen LogP contribution in [-0.4, -0.2) is 18.5 Å². The van der Waals surface area contributed by atoms with E-state index in [-0.39, 0.29) is 18.4 Å². The first kappa shape index (κ1) is 18.1. The van der Waals surface area contributed by atoms with Crippen LogP contribution in [-0.2, 0) is 0 Å². The summed E-state index contributed by atoms with van der Waals surface area (Å²) in [7, 11) is 0. The van der Waals surface area contributed by atoms with E-state index in [1.54, 1.807) is 6.26 Å². The molecule has 0 aliphatic rings. The predicted octanol–water partition coefficient (Wildman–Crippen LogP) is 4.76. The molecule has 4 nitrogen and oxygen atoms in total. The summed E-state index contributed by atoms with van der Waals surface area (Å²) >= 11 is 0. The van der Waals surface area contributed by atoms with Gasteiger partial charge in [0, 0.05) is 11.7 Å². The van der Waals surface area contributed by atoms with Crippen molar-refractivity contribution in [3.8, 4) is 5.75 Å². The van der Waals surface area contributed by atoms with Crippen molar-refractivity contribution in [2.24, 2.45) is 4.99 Å². The van der Waals surface area contributed by atoms with Gasteiger partial charge in [0.2, 0.25) is 0 Å². The second-order valence-electron chi connectivity index (χ2n) is 4.79. The number of aliphatic imine (C=N–C) groups is 1. The summed E-state index contributed by atoms with van der Waals surface area (Å²) in [6, 6.07) is 11.8. The zero-order chi connectivity index (χ0) is 15.1. The SMILES string of the molecule is CCOc1ccc(NC(=NC(C)CC)c2ccco2)cc1.Cl. The number of halogens is 1. The van der Waals surface area contributed by atoms with Gasteiger partial charge in [0.15, 0.2) is 11.6 Å². The number of rotatable bonds is 6. The molecule has 0 fully saturated rings. The largest absolute Gasteiger partial charge is 0.494 e. The van der Waals surface area contributed by atoms with Gasteiger partial charge in [-0.25, -0.2) is 0 Å². The van der Waals surface area contributed by atoms with Gasteiger partial charge in [-0.05, 0) is 56.7 Å². The summed E-state index contributed by atoms with van der Waals surface area (Å²) < 4.78 is 10.9. The minimum Gasteiger partial charge on any atom is -0.494 e. The number of amidine groups is 1. The Bertz CT molecular complexity index is 565. The van der Waals surface area contributed by atoms with Crippen molar-refractivity contribution in [1.82, 2.24) is 0 Å². The number of nitrogens with zero attached hydrogens (tertiary/aromatic N) is 1. The lowest BCUT2D eigenvalue weighted by atomic mass is 10.2. The number of benzene rings is 1. The molecule has 0 aliphatic heterocycles. The molecule has 1 N–H and O–H groups in total. The number of nitrogens with one attached hydrogen (secondary N) is 1. The Morgan fingerprint density at radius 2 is 1.95 bits per heavy atom. The van der Waals surface area contributed by atoms with Crippen molar-refractivity contribution in [3.05, 3.63) is 48.4 Å². The molecular formula is C17H23ClN2O2. The molecule has 1 atom stereocenters. The zero-order valence-electron chi connectivity index (χ0n) is 13.2. The number of furan rings is 1. The van der Waals surface area contributed by atoms with E-state index < -0.39 is 0 Å². The fraction of sp³-hybridized carbons (Fsp3) is 0.353. The van der Waals surface area contributed by atoms with Crippen molar-refractivity contribution in [3.63, 3.8) is 0 Å². The van der Waals surface area contributed by atoms with Crippen LogP contribution in [0.2, 0.25) is 0 Å². The zero-order valence-corrected chi connectivity index (χ0v) is 14.0. The molecule has 0 saturated heterocycles. The maximum Gasteiger partial charge on any atom is 0.169 e. The molecule has 1 heterocycles. The van der Waals surface area contributed by atoms with E-state index in [0.29, 0.717) is 6.61 Å². The summed E-state index contributed by atoms with van der Waals surface area (Å²) in [6.45, 7) is 6.84. The highest BCUT2D eigenvalue weighted by Crippen LogP contribution is 2.17. The van der Waals surface area contributed by atoms with Gasteiger partial charge < -0.3 is 14.5 Å². The first-order valence-electron chi connectivity index (χ1n) is 7.34. The average molecular weight is 323 g/mol. The smallest absolute Gasteiger partial charge is 0.169 e. The summed E-state index contributed by atoms with van der Waals surface area (Å²) in [5.41, 5.74) is 0.955. The van der Waals surface area contributed by atoms with E-state index in [4.69, 9.17) is 9.15 Å². The van der Waals surface area contributed by atoms with Crippen molar-refractivity contribution in [2.45, 2.75) is 33.2 Å². The van der Waals surface area contributed by atoms with Crippen LogP contribution in [0.15, 0.2) is 52.1 Å². The van der Waals surface area contributed by atoms with E-state index in [2.05, 4.69) is 24.2 Å². The normalized spacial score (nSPS) is 12.4. The third-order valence-corrected chi connectivity index (χ3v) is 3.12. The van der Waals surface area contributed by atoms with Gasteiger partial charge in [0.1, 0.15) is 5.75 Å². The van der Waals surface area contributed by atoms with Crippen molar-refractivity contribution in [2.75, 3.05) is 11.9 Å². The predicted molar refractivity (Wildman–Crippen MR) is 93.5 cm³/mol. The number of anilines is 1. The molecule has 0 spiro atoms. The van der Waals surface area contributed by atoms with Crippen LogP contribution < -0.4 is 10.1 Å². The van der Waals surface area contributed by atoms with Crippen LogP contribution >= 0.6 is 12.4 Å². The number of hydrogen-bond acceptors (Lipinski definition) is 3. The molecule has 1 unspecified atom stereocenters. The van der Waals surface area contributed by atoms with Gasteiger partial charge >= 0.3 is 0 Å². The van der Waals surface area contributed by atoms with Crippen LogP contribution in [0.3, 0.4) is 0 Å². The van der Waals surface area contributed by atoms with E-state index in [9.17, 15) is 0 Å². The second-order valence-corrected chi connectivity index (χ2v) is 4.79. The molecule has 2 aromatic rings. The molecule has 0 bridgehead atoms. The fourth-order valence-electron chi connectivity index (χ4n) is 1.82. The van der Waals surface area contributed by atoms with Crippen LogP contribution in [0.5, 0.6) is 5.75 Å². The topological polar surface area (TPSA) is 46.8 Å². The standard InChI is InChI=1S/C17H22N2O2.ClH/c1-4-13(3)18-17(16-7-6-12-21-16)19-14-8-10-15(11-9-14)20-5-2;/h6-13H,4-5H2,1-3H3,(H,18,19);1H. The summed E-state index contributed by atoms with van der Waals surface area (Å²) in [5, 5.41) is 3.32. The number of hydrogen-bond donors (Lipinski definition) is 1. The molecule has 5 heteroatoms. The van der Waals surface area contributed by atoms with Gasteiger partial charge in [-0.1, -0.05) is 6.92 Å². The Kier molecular flexibility index (Phi) is 7.54. The summed E-state index contributed by atoms with van der Waals surface area (Å²) in [4.78, 5) is 4.67. The lowest BCUT2D eigenvalue weighted by molar-refractivity contribution is 0.340. The highest BCUT2D eigenvalue weighted by molar-refractivity contribution is 6.06. The molecule has 0 radical (unpaired) electrons. The van der Waals surface area contributed by atoms with Gasteiger partial charge in [0.25, 0.3) is 0 Å². The van der Waals surface area contributed by atoms with Crippen molar-refractivity contribution < 1.29 is 9.15 Å². The van der Waals surface area contributed by atoms with Crippen LogP contribution in [0.1, 0.15) is 33.0 Å². The Labute approximate surface area is 138 Å². The summed E-state index contributed by atoms with van der Waals surface area (Å²) in [6.07, 6.45) is 2.64. The monoisotopic (exact) mass is 322 g/mol. The molecule has 1 aromatic heterocycles. The van der Waals surface area contributed by atoms with Crippen LogP contribution in [0.25, 0.3) is 0 Å². The van der Waals surface area contributed by atoms with Crippen molar-refractivity contribution >= 4 is 23.9 Å². The maximum atomic E-state index is 5.46. The quantitative estimate of drug-likeness (QED) is 0.616. The molecular weight excluding hydrogens is 300 g/mol. The van der Waals surface area contributed by atoms with Gasteiger partial charge in [0.05, 0.1) is 12.9 Å². The minimum atomic E-state index is 0. The molecule has 0 amide bonds. The first-order valence-corrected chi connectivity index (χ1v) is 7.34. The lowest BCUT2D eigenvalue weighted by Gasteiger charge is -2.11. The van der Waals surface area contributed by atoms with Gasteiger partial charge in [-0.15, -0.1) is 12.4 Å². The third kappa shape index (κ3) is 5.11. The molecule has 2 rings (SSSR count). The van der Waals surface area contributed by atoms with E-state index in [1.165, 1.54) is 0 Å². The first-order chi connectivity index (χ1) is 10.2.